The van der Waals surface area contributed by atoms with E-state index >= 15 is 0 Å². The van der Waals surface area contributed by atoms with Gasteiger partial charge in [0.25, 0.3) is 5.91 Å². The third kappa shape index (κ3) is 8.07. The highest BCUT2D eigenvalue weighted by atomic mass is 16.5. The molecule has 0 aliphatic heterocycles. The lowest BCUT2D eigenvalue weighted by Gasteiger charge is -2.21. The van der Waals surface area contributed by atoms with Crippen molar-refractivity contribution < 1.29 is 19.0 Å². The van der Waals surface area contributed by atoms with E-state index in [0.29, 0.717) is 36.9 Å². The number of hydrogen-bond acceptors (Lipinski definition) is 5. The van der Waals surface area contributed by atoms with Gasteiger partial charge in [-0.1, -0.05) is 32.0 Å². The molecule has 0 aliphatic rings. The van der Waals surface area contributed by atoms with Gasteiger partial charge in [0.05, 0.1) is 7.11 Å². The largest absolute Gasteiger partial charge is 0.497 e. The number of hydrogen-bond donors (Lipinski definition) is 2. The highest BCUT2D eigenvalue weighted by molar-refractivity contribution is 5.81. The van der Waals surface area contributed by atoms with Crippen LogP contribution < -0.4 is 24.8 Å². The van der Waals surface area contributed by atoms with Crippen LogP contribution in [0.2, 0.25) is 0 Å². The van der Waals surface area contributed by atoms with E-state index in [-0.39, 0.29) is 5.91 Å². The first kappa shape index (κ1) is 24.0. The molecule has 33 heavy (non-hydrogen) atoms. The number of anilines is 1. The molecular weight excluding hydrogens is 416 g/mol. The lowest BCUT2D eigenvalue weighted by Crippen LogP contribution is -2.41. The normalized spacial score (nSPS) is 11.5. The fraction of sp³-hybridized carbons (Fsp3) is 0.296. The van der Waals surface area contributed by atoms with Gasteiger partial charge in [-0.15, -0.1) is 0 Å². The summed E-state index contributed by atoms with van der Waals surface area (Å²) in [5.74, 6) is 3.12. The first-order valence-corrected chi connectivity index (χ1v) is 11.2. The smallest absolute Gasteiger partial charge is 0.261 e. The maximum absolute atomic E-state index is 12.8. The minimum absolute atomic E-state index is 0.121. The van der Waals surface area contributed by atoms with Crippen LogP contribution in [0.1, 0.15) is 20.3 Å². The molecule has 6 nitrogen and oxygen atoms in total. The molecule has 0 aromatic heterocycles. The van der Waals surface area contributed by atoms with Crippen LogP contribution in [0.4, 0.5) is 5.69 Å². The Hall–Kier alpha value is -3.67. The topological polar surface area (TPSA) is 68.8 Å². The van der Waals surface area contributed by atoms with E-state index in [4.69, 9.17) is 14.2 Å². The van der Waals surface area contributed by atoms with Crippen LogP contribution in [-0.4, -0.2) is 32.2 Å². The zero-order chi connectivity index (χ0) is 23.5. The van der Waals surface area contributed by atoms with Gasteiger partial charge in [0.2, 0.25) is 0 Å². The van der Waals surface area contributed by atoms with Crippen LogP contribution >= 0.6 is 0 Å². The zero-order valence-electron chi connectivity index (χ0n) is 19.4. The SMILES string of the molecule is COc1ccc(NCCNC(=O)C(CC(C)C)Oc2ccc(Oc3ccccc3)cc2)cc1. The minimum atomic E-state index is -0.563. The minimum Gasteiger partial charge on any atom is -0.497 e. The van der Waals surface area contributed by atoms with Crippen molar-refractivity contribution in [2.75, 3.05) is 25.5 Å². The summed E-state index contributed by atoms with van der Waals surface area (Å²) in [4.78, 5) is 12.8. The van der Waals surface area contributed by atoms with Crippen molar-refractivity contribution in [1.82, 2.24) is 5.32 Å². The molecule has 3 aromatic carbocycles. The Morgan fingerprint density at radius 3 is 2.03 bits per heavy atom. The fourth-order valence-electron chi connectivity index (χ4n) is 3.23. The average molecular weight is 449 g/mol. The third-order valence-corrected chi connectivity index (χ3v) is 4.90. The Balaban J connectivity index is 1.49. The molecule has 174 valence electrons. The van der Waals surface area contributed by atoms with Gasteiger partial charge in [0, 0.05) is 18.8 Å². The van der Waals surface area contributed by atoms with Crippen LogP contribution in [-0.2, 0) is 4.79 Å². The number of rotatable bonds is 12. The molecule has 0 heterocycles. The molecule has 0 aliphatic carbocycles. The Labute approximate surface area is 195 Å². The number of ether oxygens (including phenoxy) is 3. The number of para-hydroxylation sites is 1. The second kappa shape index (κ2) is 12.4. The van der Waals surface area contributed by atoms with Crippen LogP contribution in [0.3, 0.4) is 0 Å². The van der Waals surface area contributed by atoms with Gasteiger partial charge in [-0.25, -0.2) is 0 Å². The predicted molar refractivity (Wildman–Crippen MR) is 131 cm³/mol. The molecule has 0 spiro atoms. The highest BCUT2D eigenvalue weighted by Crippen LogP contribution is 2.25. The summed E-state index contributed by atoms with van der Waals surface area (Å²) in [5, 5.41) is 6.25. The van der Waals surface area contributed by atoms with Gasteiger partial charge in [-0.3, -0.25) is 4.79 Å². The second-order valence-electron chi connectivity index (χ2n) is 8.07. The van der Waals surface area contributed by atoms with E-state index in [1.807, 2.05) is 78.9 Å². The van der Waals surface area contributed by atoms with Crippen molar-refractivity contribution in [3.8, 4) is 23.0 Å². The molecule has 0 bridgehead atoms. The van der Waals surface area contributed by atoms with Crippen molar-refractivity contribution in [3.63, 3.8) is 0 Å². The van der Waals surface area contributed by atoms with E-state index in [0.717, 1.165) is 17.2 Å². The van der Waals surface area contributed by atoms with Crippen molar-refractivity contribution in [3.05, 3.63) is 78.9 Å². The number of carbonyl (C=O) groups excluding carboxylic acids is 1. The van der Waals surface area contributed by atoms with Crippen LogP contribution in [0.15, 0.2) is 78.9 Å². The zero-order valence-corrected chi connectivity index (χ0v) is 19.4. The number of nitrogens with one attached hydrogen (secondary N) is 2. The lowest BCUT2D eigenvalue weighted by molar-refractivity contribution is -0.128. The monoisotopic (exact) mass is 448 g/mol. The molecule has 2 N–H and O–H groups in total. The number of amides is 1. The van der Waals surface area contributed by atoms with Gasteiger partial charge in [0.1, 0.15) is 23.0 Å². The highest BCUT2D eigenvalue weighted by Gasteiger charge is 2.21. The van der Waals surface area contributed by atoms with Gasteiger partial charge in [-0.05, 0) is 73.0 Å². The average Bonchev–Trinajstić information content (AvgIpc) is 2.83. The summed E-state index contributed by atoms with van der Waals surface area (Å²) < 4.78 is 17.0. The maximum Gasteiger partial charge on any atom is 0.261 e. The summed E-state index contributed by atoms with van der Waals surface area (Å²) >= 11 is 0. The van der Waals surface area contributed by atoms with Crippen LogP contribution in [0.25, 0.3) is 0 Å². The van der Waals surface area contributed by atoms with Crippen LogP contribution in [0.5, 0.6) is 23.0 Å². The molecule has 0 fully saturated rings. The summed E-state index contributed by atoms with van der Waals surface area (Å²) in [7, 11) is 1.64. The predicted octanol–water partition coefficient (Wildman–Crippen LogP) is 5.51. The molecule has 1 unspecified atom stereocenters. The third-order valence-electron chi connectivity index (χ3n) is 4.90. The summed E-state index contributed by atoms with van der Waals surface area (Å²) in [6.45, 7) is 5.25. The van der Waals surface area contributed by atoms with Crippen molar-refractivity contribution in [2.45, 2.75) is 26.4 Å². The Morgan fingerprint density at radius 1 is 0.788 bits per heavy atom. The molecular formula is C27H32N2O4. The van der Waals surface area contributed by atoms with Crippen molar-refractivity contribution in [1.29, 1.82) is 0 Å². The molecule has 6 heteroatoms. The van der Waals surface area contributed by atoms with Crippen molar-refractivity contribution >= 4 is 11.6 Å². The van der Waals surface area contributed by atoms with E-state index < -0.39 is 6.10 Å². The molecule has 3 aromatic rings. The molecule has 0 saturated carbocycles. The lowest BCUT2D eigenvalue weighted by atomic mass is 10.1. The molecule has 3 rings (SSSR count). The Morgan fingerprint density at radius 2 is 1.39 bits per heavy atom. The molecule has 0 radical (unpaired) electrons. The van der Waals surface area contributed by atoms with E-state index in [1.54, 1.807) is 7.11 Å². The van der Waals surface area contributed by atoms with Gasteiger partial charge < -0.3 is 24.8 Å². The van der Waals surface area contributed by atoms with E-state index in [1.165, 1.54) is 0 Å². The van der Waals surface area contributed by atoms with Crippen LogP contribution in [0, 0.1) is 5.92 Å². The van der Waals surface area contributed by atoms with E-state index in [2.05, 4.69) is 24.5 Å². The van der Waals surface area contributed by atoms with E-state index in [9.17, 15) is 4.79 Å². The second-order valence-corrected chi connectivity index (χ2v) is 8.07. The summed E-state index contributed by atoms with van der Waals surface area (Å²) in [5.41, 5.74) is 0.970. The quantitative estimate of drug-likeness (QED) is 0.358. The van der Waals surface area contributed by atoms with Gasteiger partial charge in [-0.2, -0.15) is 0 Å². The Bertz CT molecular complexity index is 973. The molecule has 1 amide bonds. The number of methoxy groups -OCH3 is 1. The number of carbonyl (C=O) groups is 1. The maximum atomic E-state index is 12.8. The number of benzene rings is 3. The standard InChI is InChI=1S/C27H32N2O4/c1-20(2)19-26(27(30)29-18-17-28-21-9-11-22(31-3)12-10-21)33-25-15-13-24(14-16-25)32-23-7-5-4-6-8-23/h4-16,20,26,28H,17-19H2,1-3H3,(H,29,30). The fourth-order valence-corrected chi connectivity index (χ4v) is 3.23. The summed E-state index contributed by atoms with van der Waals surface area (Å²) in [6.07, 6.45) is 0.0619. The first-order valence-electron chi connectivity index (χ1n) is 11.2. The first-order chi connectivity index (χ1) is 16.0. The Kier molecular flexibility index (Phi) is 9.00. The molecule has 0 saturated heterocycles. The van der Waals surface area contributed by atoms with Gasteiger partial charge >= 0.3 is 0 Å². The molecule has 1 atom stereocenters. The van der Waals surface area contributed by atoms with Gasteiger partial charge in [0.15, 0.2) is 6.10 Å². The van der Waals surface area contributed by atoms with Crippen molar-refractivity contribution in [2.24, 2.45) is 5.92 Å². The summed E-state index contributed by atoms with van der Waals surface area (Å²) in [6, 6.07) is 24.6.